The Labute approximate surface area is 119 Å². The molecule has 1 aromatic heterocycles. The van der Waals surface area contributed by atoms with Crippen LogP contribution in [0.1, 0.15) is 0 Å². The Morgan fingerprint density at radius 2 is 1.81 bits per heavy atom. The first-order chi connectivity index (χ1) is 10.1. The van der Waals surface area contributed by atoms with Crippen molar-refractivity contribution in [2.24, 2.45) is 5.73 Å². The van der Waals surface area contributed by atoms with E-state index in [1.54, 1.807) is 6.07 Å². The van der Waals surface area contributed by atoms with E-state index in [9.17, 15) is 9.59 Å². The number of amides is 1. The fourth-order valence-electron chi connectivity index (χ4n) is 2.09. The number of primary amides is 1. The summed E-state index contributed by atoms with van der Waals surface area (Å²) in [5.41, 5.74) is 12.6. The second kappa shape index (κ2) is 4.75. The number of fused-ring (bicyclic) bond motifs is 2. The fourth-order valence-corrected chi connectivity index (χ4v) is 2.09. The van der Waals surface area contributed by atoms with E-state index in [1.165, 1.54) is 6.07 Å². The van der Waals surface area contributed by atoms with Crippen LogP contribution in [0.25, 0.3) is 21.8 Å². The molecule has 0 saturated carbocycles. The Morgan fingerprint density at radius 3 is 2.57 bits per heavy atom. The lowest BCUT2D eigenvalue weighted by atomic mass is 10.1. The van der Waals surface area contributed by atoms with Crippen LogP contribution in [0.3, 0.4) is 0 Å². The van der Waals surface area contributed by atoms with E-state index in [0.29, 0.717) is 10.9 Å². The molecule has 0 bridgehead atoms. The van der Waals surface area contributed by atoms with Gasteiger partial charge in [-0.25, -0.2) is 9.78 Å². The Balaban J connectivity index is 2.17. The molecule has 0 radical (unpaired) electrons. The van der Waals surface area contributed by atoms with Crippen molar-refractivity contribution >= 4 is 39.4 Å². The summed E-state index contributed by atoms with van der Waals surface area (Å²) in [4.78, 5) is 26.5. The van der Waals surface area contributed by atoms with Crippen LogP contribution in [0.15, 0.2) is 42.5 Å². The highest BCUT2D eigenvalue weighted by molar-refractivity contribution is 6.32. The van der Waals surface area contributed by atoms with E-state index in [2.05, 4.69) is 4.98 Å². The quantitative estimate of drug-likeness (QED) is 0.230. The van der Waals surface area contributed by atoms with Crippen molar-refractivity contribution in [3.8, 4) is 5.75 Å². The van der Waals surface area contributed by atoms with Crippen molar-refractivity contribution in [2.75, 3.05) is 5.73 Å². The predicted molar refractivity (Wildman–Crippen MR) is 78.5 cm³/mol. The van der Waals surface area contributed by atoms with Crippen molar-refractivity contribution in [3.63, 3.8) is 0 Å². The number of ether oxygens (including phenoxy) is 1. The standard InChI is InChI=1S/C15H11N3O3/c16-13-9-7-8-3-1-2-4-10(8)18-11(9)5-6-12(13)21-15(20)14(17)19/h1-7H,16H2,(H2,17,19). The molecule has 0 aliphatic carbocycles. The third kappa shape index (κ3) is 2.23. The Kier molecular flexibility index (Phi) is 2.91. The minimum atomic E-state index is -1.17. The topological polar surface area (TPSA) is 108 Å². The molecule has 1 heterocycles. The molecular formula is C15H11N3O3. The summed E-state index contributed by atoms with van der Waals surface area (Å²) in [7, 11) is 0. The van der Waals surface area contributed by atoms with Crippen LogP contribution in [0, 0.1) is 0 Å². The zero-order valence-corrected chi connectivity index (χ0v) is 10.9. The molecule has 1 amide bonds. The van der Waals surface area contributed by atoms with Crippen LogP contribution in [0.4, 0.5) is 5.69 Å². The SMILES string of the molecule is NC(=O)C(=O)Oc1ccc2nc3ccccc3cc2c1N. The number of carbonyl (C=O) groups is 2. The molecule has 3 aromatic rings. The predicted octanol–water partition coefficient (Wildman–Crippen LogP) is 1.36. The number of anilines is 1. The number of rotatable bonds is 1. The van der Waals surface area contributed by atoms with Crippen LogP contribution in [0.2, 0.25) is 0 Å². The van der Waals surface area contributed by atoms with Gasteiger partial charge in [0.05, 0.1) is 16.7 Å². The van der Waals surface area contributed by atoms with Gasteiger partial charge >= 0.3 is 11.9 Å². The van der Waals surface area contributed by atoms with Crippen LogP contribution >= 0.6 is 0 Å². The van der Waals surface area contributed by atoms with Crippen molar-refractivity contribution in [2.45, 2.75) is 0 Å². The van der Waals surface area contributed by atoms with Crippen LogP contribution in [-0.2, 0) is 9.59 Å². The smallest absolute Gasteiger partial charge is 0.402 e. The zero-order chi connectivity index (χ0) is 15.0. The highest BCUT2D eigenvalue weighted by Gasteiger charge is 2.15. The molecule has 0 unspecified atom stereocenters. The lowest BCUT2D eigenvalue weighted by Gasteiger charge is -2.09. The number of pyridine rings is 1. The normalized spacial score (nSPS) is 10.7. The molecule has 0 spiro atoms. The average Bonchev–Trinajstić information content (AvgIpc) is 2.48. The molecule has 6 nitrogen and oxygen atoms in total. The molecule has 21 heavy (non-hydrogen) atoms. The number of carbonyl (C=O) groups excluding carboxylic acids is 2. The highest BCUT2D eigenvalue weighted by atomic mass is 16.5. The van der Waals surface area contributed by atoms with Gasteiger partial charge < -0.3 is 16.2 Å². The first kappa shape index (κ1) is 12.9. The van der Waals surface area contributed by atoms with Gasteiger partial charge in [0, 0.05) is 10.8 Å². The van der Waals surface area contributed by atoms with Gasteiger partial charge in [0.15, 0.2) is 5.75 Å². The Hall–Kier alpha value is -3.15. The largest absolute Gasteiger partial charge is 0.417 e. The molecule has 0 aliphatic heterocycles. The van der Waals surface area contributed by atoms with E-state index in [0.717, 1.165) is 10.9 Å². The van der Waals surface area contributed by atoms with Gasteiger partial charge in [0.2, 0.25) is 0 Å². The number of para-hydroxylation sites is 1. The van der Waals surface area contributed by atoms with E-state index >= 15 is 0 Å². The van der Waals surface area contributed by atoms with E-state index in [1.807, 2.05) is 30.3 Å². The number of nitrogens with zero attached hydrogens (tertiary/aromatic N) is 1. The maximum Gasteiger partial charge on any atom is 0.402 e. The Morgan fingerprint density at radius 1 is 1.05 bits per heavy atom. The summed E-state index contributed by atoms with van der Waals surface area (Å²) in [6.45, 7) is 0. The molecule has 6 heteroatoms. The molecule has 2 aromatic carbocycles. The van der Waals surface area contributed by atoms with Gasteiger partial charge in [-0.3, -0.25) is 4.79 Å². The minimum Gasteiger partial charge on any atom is -0.417 e. The number of esters is 1. The van der Waals surface area contributed by atoms with Gasteiger partial charge in [-0.05, 0) is 24.3 Å². The summed E-state index contributed by atoms with van der Waals surface area (Å²) in [6.07, 6.45) is 0. The first-order valence-electron chi connectivity index (χ1n) is 6.16. The van der Waals surface area contributed by atoms with Gasteiger partial charge in [-0.1, -0.05) is 18.2 Å². The van der Waals surface area contributed by atoms with Crippen molar-refractivity contribution < 1.29 is 14.3 Å². The van der Waals surface area contributed by atoms with Gasteiger partial charge in [0.25, 0.3) is 0 Å². The molecule has 0 fully saturated rings. The van der Waals surface area contributed by atoms with Crippen molar-refractivity contribution in [3.05, 3.63) is 42.5 Å². The maximum atomic E-state index is 11.2. The van der Waals surface area contributed by atoms with E-state index in [-0.39, 0.29) is 11.4 Å². The molecule has 3 rings (SSSR count). The fraction of sp³-hybridized carbons (Fsp3) is 0. The van der Waals surface area contributed by atoms with Crippen LogP contribution < -0.4 is 16.2 Å². The molecular weight excluding hydrogens is 270 g/mol. The lowest BCUT2D eigenvalue weighted by molar-refractivity contribution is -0.146. The summed E-state index contributed by atoms with van der Waals surface area (Å²) in [5.74, 6) is -2.25. The maximum absolute atomic E-state index is 11.2. The van der Waals surface area contributed by atoms with E-state index < -0.39 is 11.9 Å². The molecule has 0 saturated heterocycles. The third-order valence-electron chi connectivity index (χ3n) is 3.11. The average molecular weight is 281 g/mol. The molecule has 104 valence electrons. The number of nitrogens with two attached hydrogens (primary N) is 2. The highest BCUT2D eigenvalue weighted by Crippen LogP contribution is 2.31. The number of benzene rings is 2. The monoisotopic (exact) mass is 281 g/mol. The molecule has 4 N–H and O–H groups in total. The molecule has 0 atom stereocenters. The molecule has 0 aliphatic rings. The summed E-state index contributed by atoms with van der Waals surface area (Å²) in [5, 5.41) is 1.55. The summed E-state index contributed by atoms with van der Waals surface area (Å²) in [6, 6.07) is 12.6. The lowest BCUT2D eigenvalue weighted by Crippen LogP contribution is -2.28. The summed E-state index contributed by atoms with van der Waals surface area (Å²) >= 11 is 0. The van der Waals surface area contributed by atoms with Crippen LogP contribution in [-0.4, -0.2) is 16.9 Å². The second-order valence-corrected chi connectivity index (χ2v) is 4.48. The summed E-state index contributed by atoms with van der Waals surface area (Å²) < 4.78 is 4.86. The second-order valence-electron chi connectivity index (χ2n) is 4.48. The van der Waals surface area contributed by atoms with E-state index in [4.69, 9.17) is 16.2 Å². The van der Waals surface area contributed by atoms with Crippen LogP contribution in [0.5, 0.6) is 5.75 Å². The third-order valence-corrected chi connectivity index (χ3v) is 3.11. The zero-order valence-electron chi connectivity index (χ0n) is 10.9. The number of hydrogen-bond acceptors (Lipinski definition) is 5. The van der Waals surface area contributed by atoms with Gasteiger partial charge in [-0.15, -0.1) is 0 Å². The minimum absolute atomic E-state index is 0.0865. The van der Waals surface area contributed by atoms with Gasteiger partial charge in [-0.2, -0.15) is 0 Å². The number of aromatic nitrogens is 1. The van der Waals surface area contributed by atoms with Crippen molar-refractivity contribution in [1.82, 2.24) is 4.98 Å². The first-order valence-corrected chi connectivity index (χ1v) is 6.16. The van der Waals surface area contributed by atoms with Crippen molar-refractivity contribution in [1.29, 1.82) is 0 Å². The number of hydrogen-bond donors (Lipinski definition) is 2. The van der Waals surface area contributed by atoms with Gasteiger partial charge in [0.1, 0.15) is 0 Å². The number of nitrogen functional groups attached to an aromatic ring is 1. The Bertz CT molecular complexity index is 890.